The minimum atomic E-state index is -1.14. The number of anilines is 1. The summed E-state index contributed by atoms with van der Waals surface area (Å²) >= 11 is 17.9. The number of aryl methyl sites for hydroxylation is 2. The molecule has 0 aromatic heterocycles. The fraction of sp³-hybridized carbons (Fsp3) is 0.250. The minimum absolute atomic E-state index is 0.148. The summed E-state index contributed by atoms with van der Waals surface area (Å²) in [5.41, 5.74) is 2.46. The van der Waals surface area contributed by atoms with Crippen molar-refractivity contribution >= 4 is 58.3 Å². The van der Waals surface area contributed by atoms with Crippen LogP contribution in [0, 0.1) is 13.8 Å². The Balaban J connectivity index is 1.90. The molecule has 0 saturated carbocycles. The Labute approximate surface area is 183 Å². The lowest BCUT2D eigenvalue weighted by Crippen LogP contribution is -2.36. The number of rotatable bonds is 6. The Bertz CT molecular complexity index is 919. The maximum Gasteiger partial charge on any atom is 0.326 e. The Hall–Kier alpha value is -2.28. The first-order chi connectivity index (χ1) is 13.6. The van der Waals surface area contributed by atoms with E-state index in [9.17, 15) is 14.4 Å². The van der Waals surface area contributed by atoms with E-state index in [0.717, 1.165) is 11.1 Å². The van der Waals surface area contributed by atoms with Gasteiger partial charge in [0.2, 0.25) is 0 Å². The van der Waals surface area contributed by atoms with Crippen molar-refractivity contribution in [3.05, 3.63) is 62.1 Å². The SMILES string of the molecule is Cc1cc(C)cc(C(=O)NCC(=O)OC(C)C(=O)Nc2c(Cl)cc(Cl)cc2Cl)c1. The van der Waals surface area contributed by atoms with Gasteiger partial charge >= 0.3 is 5.97 Å². The molecule has 2 aromatic carbocycles. The van der Waals surface area contributed by atoms with Crippen molar-refractivity contribution in [3.63, 3.8) is 0 Å². The summed E-state index contributed by atoms with van der Waals surface area (Å²) in [6.45, 7) is 4.75. The summed E-state index contributed by atoms with van der Waals surface area (Å²) < 4.78 is 5.04. The van der Waals surface area contributed by atoms with Crippen molar-refractivity contribution in [2.45, 2.75) is 26.9 Å². The number of halogens is 3. The minimum Gasteiger partial charge on any atom is -0.451 e. The smallest absolute Gasteiger partial charge is 0.326 e. The average molecular weight is 458 g/mol. The van der Waals surface area contributed by atoms with Crippen LogP contribution in [0.5, 0.6) is 0 Å². The third-order valence-electron chi connectivity index (χ3n) is 3.81. The van der Waals surface area contributed by atoms with E-state index in [4.69, 9.17) is 39.5 Å². The van der Waals surface area contributed by atoms with Crippen LogP contribution in [-0.4, -0.2) is 30.4 Å². The van der Waals surface area contributed by atoms with Gasteiger partial charge in [-0.05, 0) is 45.0 Å². The summed E-state index contributed by atoms with van der Waals surface area (Å²) in [7, 11) is 0. The van der Waals surface area contributed by atoms with Crippen LogP contribution in [-0.2, 0) is 14.3 Å². The lowest BCUT2D eigenvalue weighted by Gasteiger charge is -2.15. The van der Waals surface area contributed by atoms with Gasteiger partial charge in [-0.1, -0.05) is 52.0 Å². The van der Waals surface area contributed by atoms with E-state index in [0.29, 0.717) is 10.6 Å². The molecule has 2 amide bonds. The van der Waals surface area contributed by atoms with Gasteiger partial charge < -0.3 is 15.4 Å². The molecule has 0 aliphatic heterocycles. The number of hydrogen-bond donors (Lipinski definition) is 2. The van der Waals surface area contributed by atoms with Crippen LogP contribution in [0.1, 0.15) is 28.4 Å². The Morgan fingerprint density at radius 2 is 1.52 bits per heavy atom. The van der Waals surface area contributed by atoms with E-state index < -0.39 is 23.9 Å². The molecule has 0 spiro atoms. The van der Waals surface area contributed by atoms with Crippen LogP contribution in [0.4, 0.5) is 5.69 Å². The van der Waals surface area contributed by atoms with Crippen molar-refractivity contribution in [2.24, 2.45) is 0 Å². The first kappa shape index (κ1) is 23.0. The zero-order chi connectivity index (χ0) is 21.7. The number of esters is 1. The number of carbonyl (C=O) groups is 3. The molecule has 2 N–H and O–H groups in total. The molecule has 0 fully saturated rings. The molecule has 0 saturated heterocycles. The van der Waals surface area contributed by atoms with Crippen LogP contribution in [0.3, 0.4) is 0 Å². The lowest BCUT2D eigenvalue weighted by atomic mass is 10.1. The number of hydrogen-bond acceptors (Lipinski definition) is 4. The normalized spacial score (nSPS) is 11.5. The summed E-state index contributed by atoms with van der Waals surface area (Å²) in [4.78, 5) is 36.4. The van der Waals surface area contributed by atoms with Gasteiger partial charge in [0.15, 0.2) is 6.10 Å². The van der Waals surface area contributed by atoms with Crippen LogP contribution < -0.4 is 10.6 Å². The van der Waals surface area contributed by atoms with E-state index >= 15 is 0 Å². The van der Waals surface area contributed by atoms with Crippen LogP contribution in [0.25, 0.3) is 0 Å². The molecule has 29 heavy (non-hydrogen) atoms. The van der Waals surface area contributed by atoms with E-state index in [-0.39, 0.29) is 22.3 Å². The van der Waals surface area contributed by atoms with Crippen molar-refractivity contribution < 1.29 is 19.1 Å². The molecule has 1 unspecified atom stereocenters. The molecule has 0 bridgehead atoms. The fourth-order valence-corrected chi connectivity index (χ4v) is 3.45. The topological polar surface area (TPSA) is 84.5 Å². The zero-order valence-corrected chi connectivity index (χ0v) is 18.2. The van der Waals surface area contributed by atoms with Crippen LogP contribution >= 0.6 is 34.8 Å². The highest BCUT2D eigenvalue weighted by atomic mass is 35.5. The molecule has 0 heterocycles. The number of nitrogens with one attached hydrogen (secondary N) is 2. The van der Waals surface area contributed by atoms with Gasteiger partial charge in [-0.3, -0.25) is 14.4 Å². The molecular weight excluding hydrogens is 439 g/mol. The van der Waals surface area contributed by atoms with E-state index in [2.05, 4.69) is 10.6 Å². The quantitative estimate of drug-likeness (QED) is 0.623. The maximum atomic E-state index is 12.2. The highest BCUT2D eigenvalue weighted by molar-refractivity contribution is 6.42. The molecule has 0 aliphatic rings. The average Bonchev–Trinajstić information content (AvgIpc) is 2.61. The molecule has 2 rings (SSSR count). The van der Waals surface area contributed by atoms with Crippen molar-refractivity contribution in [2.75, 3.05) is 11.9 Å². The highest BCUT2D eigenvalue weighted by Crippen LogP contribution is 2.33. The van der Waals surface area contributed by atoms with Gasteiger partial charge in [0.1, 0.15) is 6.54 Å². The van der Waals surface area contributed by atoms with Crippen molar-refractivity contribution in [1.82, 2.24) is 5.32 Å². The van der Waals surface area contributed by atoms with Crippen molar-refractivity contribution in [1.29, 1.82) is 0 Å². The second-order valence-electron chi connectivity index (χ2n) is 6.42. The Kier molecular flexibility index (Phi) is 7.90. The number of amides is 2. The summed E-state index contributed by atoms with van der Waals surface area (Å²) in [6, 6.07) is 8.20. The molecule has 154 valence electrons. The second kappa shape index (κ2) is 9.96. The summed E-state index contributed by atoms with van der Waals surface area (Å²) in [5, 5.41) is 5.57. The standard InChI is InChI=1S/C20H19Cl3N2O4/c1-10-4-11(2)6-13(5-10)20(28)24-9-17(26)29-12(3)19(27)25-18-15(22)7-14(21)8-16(18)23/h4-8,12H,9H2,1-3H3,(H,24,28)(H,25,27). The van der Waals surface area contributed by atoms with Gasteiger partial charge in [-0.15, -0.1) is 0 Å². The molecule has 6 nitrogen and oxygen atoms in total. The monoisotopic (exact) mass is 456 g/mol. The highest BCUT2D eigenvalue weighted by Gasteiger charge is 2.21. The largest absolute Gasteiger partial charge is 0.451 e. The third kappa shape index (κ3) is 6.63. The first-order valence-electron chi connectivity index (χ1n) is 8.58. The van der Waals surface area contributed by atoms with E-state index in [1.165, 1.54) is 19.1 Å². The molecule has 0 radical (unpaired) electrons. The van der Waals surface area contributed by atoms with Gasteiger partial charge in [0.05, 0.1) is 15.7 Å². The Morgan fingerprint density at radius 3 is 2.07 bits per heavy atom. The zero-order valence-electron chi connectivity index (χ0n) is 15.9. The second-order valence-corrected chi connectivity index (χ2v) is 7.68. The van der Waals surface area contributed by atoms with Gasteiger partial charge in [0.25, 0.3) is 11.8 Å². The molecule has 1 atom stereocenters. The lowest BCUT2D eigenvalue weighted by molar-refractivity contribution is -0.152. The predicted molar refractivity (Wildman–Crippen MR) is 114 cm³/mol. The number of ether oxygens (including phenoxy) is 1. The van der Waals surface area contributed by atoms with E-state index in [1.807, 2.05) is 19.9 Å². The first-order valence-corrected chi connectivity index (χ1v) is 9.71. The number of benzene rings is 2. The van der Waals surface area contributed by atoms with Gasteiger partial charge in [0, 0.05) is 10.6 Å². The molecule has 2 aromatic rings. The van der Waals surface area contributed by atoms with Gasteiger partial charge in [-0.25, -0.2) is 0 Å². The van der Waals surface area contributed by atoms with E-state index in [1.54, 1.807) is 12.1 Å². The predicted octanol–water partition coefficient (Wildman–Crippen LogP) is 4.56. The van der Waals surface area contributed by atoms with Crippen LogP contribution in [0.2, 0.25) is 15.1 Å². The maximum absolute atomic E-state index is 12.2. The molecular formula is C20H19Cl3N2O4. The van der Waals surface area contributed by atoms with Crippen molar-refractivity contribution in [3.8, 4) is 0 Å². The number of carbonyl (C=O) groups excluding carboxylic acids is 3. The molecule has 0 aliphatic carbocycles. The van der Waals surface area contributed by atoms with Gasteiger partial charge in [-0.2, -0.15) is 0 Å². The summed E-state index contributed by atoms with van der Waals surface area (Å²) in [5.74, 6) is -1.81. The Morgan fingerprint density at radius 1 is 0.966 bits per heavy atom. The third-order valence-corrected chi connectivity index (χ3v) is 4.62. The molecule has 9 heteroatoms. The summed E-state index contributed by atoms with van der Waals surface area (Å²) in [6.07, 6.45) is -1.14. The van der Waals surface area contributed by atoms with Crippen LogP contribution in [0.15, 0.2) is 30.3 Å². The fourth-order valence-electron chi connectivity index (χ4n) is 2.54.